The molecule has 0 spiro atoms. The molecule has 0 aliphatic rings. The van der Waals surface area contributed by atoms with Crippen molar-refractivity contribution in [3.63, 3.8) is 0 Å². The molecule has 29 heavy (non-hydrogen) atoms. The van der Waals surface area contributed by atoms with Gasteiger partial charge in [0.2, 0.25) is 11.8 Å². The lowest BCUT2D eigenvalue weighted by Crippen LogP contribution is -2.51. The van der Waals surface area contributed by atoms with Gasteiger partial charge in [-0.25, -0.2) is 0 Å². The van der Waals surface area contributed by atoms with Crippen molar-refractivity contribution in [3.8, 4) is 0 Å². The fourth-order valence-corrected chi connectivity index (χ4v) is 3.19. The highest BCUT2D eigenvalue weighted by molar-refractivity contribution is 5.85. The van der Waals surface area contributed by atoms with E-state index in [-0.39, 0.29) is 18.4 Å². The van der Waals surface area contributed by atoms with E-state index in [9.17, 15) is 9.59 Å². The molecule has 0 saturated heterocycles. The van der Waals surface area contributed by atoms with Crippen molar-refractivity contribution >= 4 is 11.8 Å². The largest absolute Gasteiger partial charge is 0.467 e. The molecule has 0 fully saturated rings. The third-order valence-corrected chi connectivity index (χ3v) is 4.94. The van der Waals surface area contributed by atoms with Gasteiger partial charge in [0.25, 0.3) is 0 Å². The van der Waals surface area contributed by atoms with E-state index in [2.05, 4.69) is 19.1 Å². The molecule has 0 N–H and O–H groups in total. The number of furan rings is 1. The molecule has 0 saturated carbocycles. The van der Waals surface area contributed by atoms with Crippen LogP contribution in [0.4, 0.5) is 0 Å². The summed E-state index contributed by atoms with van der Waals surface area (Å²) < 4.78 is 5.46. The van der Waals surface area contributed by atoms with Crippen LogP contribution in [0.1, 0.15) is 58.3 Å². The van der Waals surface area contributed by atoms with Crippen molar-refractivity contribution in [2.75, 3.05) is 13.1 Å². The molecule has 0 radical (unpaired) electrons. The van der Waals surface area contributed by atoms with Crippen molar-refractivity contribution in [2.45, 2.75) is 65.5 Å². The summed E-state index contributed by atoms with van der Waals surface area (Å²) in [6.45, 7) is 9.06. The van der Waals surface area contributed by atoms with Gasteiger partial charge in [0.05, 0.1) is 12.8 Å². The van der Waals surface area contributed by atoms with Gasteiger partial charge in [0.15, 0.2) is 0 Å². The first-order valence-corrected chi connectivity index (χ1v) is 10.5. The molecule has 0 unspecified atom stereocenters. The van der Waals surface area contributed by atoms with Crippen molar-refractivity contribution in [2.24, 2.45) is 0 Å². The SMILES string of the molecule is CCCCC(=O)N(CC(=O)N(CCc1ccccc1)Cc1ccco1)C(C)(C)C. The number of carbonyl (C=O) groups is 2. The maximum Gasteiger partial charge on any atom is 0.242 e. The first kappa shape index (κ1) is 22.7. The van der Waals surface area contributed by atoms with Gasteiger partial charge in [-0.3, -0.25) is 9.59 Å². The molecule has 0 aliphatic heterocycles. The van der Waals surface area contributed by atoms with Crippen LogP contribution >= 0.6 is 0 Å². The van der Waals surface area contributed by atoms with Crippen LogP contribution in [-0.4, -0.2) is 40.2 Å². The Hall–Kier alpha value is -2.56. The van der Waals surface area contributed by atoms with Gasteiger partial charge in [0, 0.05) is 18.5 Å². The summed E-state index contributed by atoms with van der Waals surface area (Å²) in [6, 6.07) is 13.8. The second-order valence-electron chi connectivity index (χ2n) is 8.38. The molecule has 2 rings (SSSR count). The van der Waals surface area contributed by atoms with E-state index >= 15 is 0 Å². The maximum absolute atomic E-state index is 13.2. The average Bonchev–Trinajstić information content (AvgIpc) is 3.20. The molecule has 5 nitrogen and oxygen atoms in total. The Morgan fingerprint density at radius 1 is 1.00 bits per heavy atom. The van der Waals surface area contributed by atoms with Crippen LogP contribution in [0.15, 0.2) is 53.1 Å². The molecule has 0 atom stereocenters. The minimum Gasteiger partial charge on any atom is -0.467 e. The Kier molecular flexibility index (Phi) is 8.50. The molecular formula is C24H34N2O3. The highest BCUT2D eigenvalue weighted by Gasteiger charge is 2.29. The Bertz CT molecular complexity index is 748. The zero-order valence-corrected chi connectivity index (χ0v) is 18.2. The van der Waals surface area contributed by atoms with Crippen LogP contribution in [0.25, 0.3) is 0 Å². The Morgan fingerprint density at radius 3 is 2.31 bits per heavy atom. The molecule has 0 aliphatic carbocycles. The van der Waals surface area contributed by atoms with Crippen molar-refractivity contribution in [1.82, 2.24) is 9.80 Å². The predicted molar refractivity (Wildman–Crippen MR) is 115 cm³/mol. The molecule has 2 amide bonds. The van der Waals surface area contributed by atoms with Crippen molar-refractivity contribution < 1.29 is 14.0 Å². The van der Waals surface area contributed by atoms with E-state index in [1.165, 1.54) is 5.56 Å². The lowest BCUT2D eigenvalue weighted by Gasteiger charge is -2.37. The third kappa shape index (κ3) is 7.41. The van der Waals surface area contributed by atoms with Crippen LogP contribution in [0, 0.1) is 0 Å². The van der Waals surface area contributed by atoms with Gasteiger partial charge in [-0.05, 0) is 51.3 Å². The first-order chi connectivity index (χ1) is 13.8. The highest BCUT2D eigenvalue weighted by Crippen LogP contribution is 2.17. The standard InChI is InChI=1S/C24H34N2O3/c1-5-6-14-22(27)26(24(2,3)4)19-23(28)25(18-21-13-10-17-29-21)16-15-20-11-8-7-9-12-20/h7-13,17H,5-6,14-16,18-19H2,1-4H3. The normalized spacial score (nSPS) is 11.3. The van der Waals surface area contributed by atoms with Crippen molar-refractivity contribution in [1.29, 1.82) is 0 Å². The molecule has 158 valence electrons. The van der Waals surface area contributed by atoms with E-state index in [0.29, 0.717) is 19.5 Å². The minimum absolute atomic E-state index is 0.0358. The molecule has 1 aromatic heterocycles. The van der Waals surface area contributed by atoms with Crippen molar-refractivity contribution in [3.05, 3.63) is 60.1 Å². The number of carbonyl (C=O) groups excluding carboxylic acids is 2. The number of hydrogen-bond donors (Lipinski definition) is 0. The van der Waals surface area contributed by atoms with Gasteiger partial charge >= 0.3 is 0 Å². The predicted octanol–water partition coefficient (Wildman–Crippen LogP) is 4.67. The maximum atomic E-state index is 13.2. The quantitative estimate of drug-likeness (QED) is 0.584. The summed E-state index contributed by atoms with van der Waals surface area (Å²) in [6.07, 6.45) is 4.64. The Balaban J connectivity index is 2.11. The molecule has 2 aromatic rings. The van der Waals surface area contributed by atoms with E-state index in [4.69, 9.17) is 4.42 Å². The lowest BCUT2D eigenvalue weighted by atomic mass is 10.0. The number of amides is 2. The second kappa shape index (κ2) is 10.8. The molecule has 1 aromatic carbocycles. The highest BCUT2D eigenvalue weighted by atomic mass is 16.3. The van der Waals surface area contributed by atoms with Gasteiger partial charge in [-0.2, -0.15) is 0 Å². The topological polar surface area (TPSA) is 53.8 Å². The van der Waals surface area contributed by atoms with Gasteiger partial charge in [0.1, 0.15) is 12.3 Å². The van der Waals surface area contributed by atoms with E-state index in [1.54, 1.807) is 16.1 Å². The number of benzene rings is 1. The van der Waals surface area contributed by atoms with Crippen LogP contribution in [0.5, 0.6) is 0 Å². The summed E-state index contributed by atoms with van der Waals surface area (Å²) in [5.74, 6) is 0.719. The third-order valence-electron chi connectivity index (χ3n) is 4.94. The number of rotatable bonds is 10. The Labute approximate surface area is 174 Å². The van der Waals surface area contributed by atoms with Crippen LogP contribution < -0.4 is 0 Å². The Morgan fingerprint density at radius 2 is 1.72 bits per heavy atom. The van der Waals surface area contributed by atoms with Gasteiger partial charge < -0.3 is 14.2 Å². The summed E-state index contributed by atoms with van der Waals surface area (Å²) in [5.41, 5.74) is 0.771. The minimum atomic E-state index is -0.406. The summed E-state index contributed by atoms with van der Waals surface area (Å²) in [5, 5.41) is 0. The summed E-state index contributed by atoms with van der Waals surface area (Å²) in [7, 11) is 0. The number of hydrogen-bond acceptors (Lipinski definition) is 3. The fraction of sp³-hybridized carbons (Fsp3) is 0.500. The molecule has 1 heterocycles. The number of unbranched alkanes of at least 4 members (excludes halogenated alkanes) is 1. The van der Waals surface area contributed by atoms with E-state index < -0.39 is 5.54 Å². The van der Waals surface area contributed by atoms with Gasteiger partial charge in [-0.15, -0.1) is 0 Å². The average molecular weight is 399 g/mol. The van der Waals surface area contributed by atoms with Crippen LogP contribution in [0.2, 0.25) is 0 Å². The van der Waals surface area contributed by atoms with E-state index in [0.717, 1.165) is 25.0 Å². The zero-order chi connectivity index (χ0) is 21.3. The first-order valence-electron chi connectivity index (χ1n) is 10.5. The van der Waals surface area contributed by atoms with E-state index in [1.807, 2.05) is 51.1 Å². The zero-order valence-electron chi connectivity index (χ0n) is 18.2. The van der Waals surface area contributed by atoms with Gasteiger partial charge in [-0.1, -0.05) is 43.7 Å². The molecule has 0 bridgehead atoms. The molecule has 5 heteroatoms. The smallest absolute Gasteiger partial charge is 0.242 e. The van der Waals surface area contributed by atoms with Crippen LogP contribution in [-0.2, 0) is 22.6 Å². The summed E-state index contributed by atoms with van der Waals surface area (Å²) >= 11 is 0. The monoisotopic (exact) mass is 398 g/mol. The van der Waals surface area contributed by atoms with Crippen LogP contribution in [0.3, 0.4) is 0 Å². The fourth-order valence-electron chi connectivity index (χ4n) is 3.19. The summed E-state index contributed by atoms with van der Waals surface area (Å²) in [4.78, 5) is 29.5. The lowest BCUT2D eigenvalue weighted by molar-refractivity contribution is -0.145. The second-order valence-corrected chi connectivity index (χ2v) is 8.38. The number of nitrogens with zero attached hydrogens (tertiary/aromatic N) is 2. The molecular weight excluding hydrogens is 364 g/mol.